The molecule has 0 saturated carbocycles. The molecule has 1 saturated heterocycles. The summed E-state index contributed by atoms with van der Waals surface area (Å²) >= 11 is 0. The Hall–Kier alpha value is -1.14. The molecule has 2 N–H and O–H groups in total. The summed E-state index contributed by atoms with van der Waals surface area (Å²) in [7, 11) is 1.81. The van der Waals surface area contributed by atoms with Gasteiger partial charge < -0.3 is 15.5 Å². The average Bonchev–Trinajstić information content (AvgIpc) is 2.64. The van der Waals surface area contributed by atoms with Crippen LogP contribution in [0.4, 0.5) is 0 Å². The van der Waals surface area contributed by atoms with E-state index in [-0.39, 0.29) is 18.4 Å². The van der Waals surface area contributed by atoms with Gasteiger partial charge >= 0.3 is 0 Å². The largest absolute Gasteiger partial charge is 0.355 e. The van der Waals surface area contributed by atoms with Gasteiger partial charge in [-0.05, 0) is 25.9 Å². The van der Waals surface area contributed by atoms with Crippen LogP contribution < -0.4 is 10.6 Å². The predicted octanol–water partition coefficient (Wildman–Crippen LogP) is -0.488. The van der Waals surface area contributed by atoms with Crippen LogP contribution in [0.5, 0.6) is 0 Å². The lowest BCUT2D eigenvalue weighted by Gasteiger charge is -2.23. The van der Waals surface area contributed by atoms with Gasteiger partial charge in [0.2, 0.25) is 11.8 Å². The molecule has 0 bridgehead atoms. The summed E-state index contributed by atoms with van der Waals surface area (Å²) < 4.78 is 0. The van der Waals surface area contributed by atoms with Crippen LogP contribution in [-0.4, -0.2) is 74.5 Å². The standard InChI is InChI=1S/C14H28N4O2/c1-12(2)9-16-13(19)10-17(3)11-14(20)18-7-4-5-15-6-8-18/h12,15H,4-11H2,1-3H3,(H,16,19). The number of carbonyl (C=O) groups is 2. The minimum atomic E-state index is -0.0217. The average molecular weight is 284 g/mol. The molecule has 6 nitrogen and oxygen atoms in total. The lowest BCUT2D eigenvalue weighted by atomic mass is 10.2. The van der Waals surface area contributed by atoms with Crippen molar-refractivity contribution >= 4 is 11.8 Å². The fourth-order valence-corrected chi connectivity index (χ4v) is 2.10. The maximum absolute atomic E-state index is 12.1. The Labute approximate surface area is 121 Å². The van der Waals surface area contributed by atoms with Crippen LogP contribution in [-0.2, 0) is 9.59 Å². The highest BCUT2D eigenvalue weighted by molar-refractivity contribution is 5.81. The number of rotatable bonds is 6. The first-order valence-electron chi connectivity index (χ1n) is 7.42. The van der Waals surface area contributed by atoms with Crippen molar-refractivity contribution in [2.75, 3.05) is 52.9 Å². The second kappa shape index (κ2) is 8.92. The SMILES string of the molecule is CC(C)CNC(=O)CN(C)CC(=O)N1CCCNCC1. The molecule has 0 aromatic carbocycles. The molecule has 1 heterocycles. The highest BCUT2D eigenvalue weighted by atomic mass is 16.2. The molecule has 0 atom stereocenters. The zero-order valence-electron chi connectivity index (χ0n) is 12.9. The highest BCUT2D eigenvalue weighted by Crippen LogP contribution is 1.98. The summed E-state index contributed by atoms with van der Waals surface area (Å²) in [6.45, 7) is 8.74. The van der Waals surface area contributed by atoms with Gasteiger partial charge in [-0.3, -0.25) is 14.5 Å². The fourth-order valence-electron chi connectivity index (χ4n) is 2.10. The van der Waals surface area contributed by atoms with Crippen LogP contribution in [0.3, 0.4) is 0 Å². The Morgan fingerprint density at radius 2 is 2.00 bits per heavy atom. The van der Waals surface area contributed by atoms with E-state index in [0.29, 0.717) is 19.0 Å². The summed E-state index contributed by atoms with van der Waals surface area (Å²) in [5, 5.41) is 6.13. The number of likely N-dealkylation sites (N-methyl/N-ethyl adjacent to an activating group) is 1. The van der Waals surface area contributed by atoms with E-state index in [4.69, 9.17) is 0 Å². The van der Waals surface area contributed by atoms with E-state index in [0.717, 1.165) is 32.6 Å². The van der Waals surface area contributed by atoms with E-state index in [1.165, 1.54) is 0 Å². The first kappa shape index (κ1) is 16.9. The predicted molar refractivity (Wildman–Crippen MR) is 79.4 cm³/mol. The molecule has 1 fully saturated rings. The maximum atomic E-state index is 12.1. The molecule has 0 aliphatic carbocycles. The normalized spacial score (nSPS) is 16.4. The van der Waals surface area contributed by atoms with E-state index in [1.807, 2.05) is 11.9 Å². The van der Waals surface area contributed by atoms with E-state index >= 15 is 0 Å². The van der Waals surface area contributed by atoms with Crippen molar-refractivity contribution in [1.82, 2.24) is 20.4 Å². The fraction of sp³-hybridized carbons (Fsp3) is 0.857. The summed E-state index contributed by atoms with van der Waals surface area (Å²) in [6.07, 6.45) is 0.990. The van der Waals surface area contributed by atoms with E-state index < -0.39 is 0 Å². The molecule has 0 aromatic rings. The molecule has 0 radical (unpaired) electrons. The molecule has 0 aromatic heterocycles. The second-order valence-electron chi connectivity index (χ2n) is 5.85. The van der Waals surface area contributed by atoms with Crippen molar-refractivity contribution in [3.63, 3.8) is 0 Å². The summed E-state index contributed by atoms with van der Waals surface area (Å²) in [5.41, 5.74) is 0. The lowest BCUT2D eigenvalue weighted by Crippen LogP contribution is -2.44. The maximum Gasteiger partial charge on any atom is 0.236 e. The number of nitrogens with one attached hydrogen (secondary N) is 2. The zero-order chi connectivity index (χ0) is 15.0. The van der Waals surface area contributed by atoms with Gasteiger partial charge in [0, 0.05) is 26.2 Å². The highest BCUT2D eigenvalue weighted by Gasteiger charge is 2.17. The van der Waals surface area contributed by atoms with Gasteiger partial charge in [0.15, 0.2) is 0 Å². The molecular formula is C14H28N4O2. The zero-order valence-corrected chi connectivity index (χ0v) is 12.9. The molecule has 1 aliphatic rings. The van der Waals surface area contributed by atoms with Crippen LogP contribution in [0.2, 0.25) is 0 Å². The number of carbonyl (C=O) groups excluding carboxylic acids is 2. The molecule has 0 spiro atoms. The van der Waals surface area contributed by atoms with Crippen LogP contribution in [0.25, 0.3) is 0 Å². The van der Waals surface area contributed by atoms with Crippen molar-refractivity contribution in [1.29, 1.82) is 0 Å². The molecule has 1 aliphatic heterocycles. The minimum Gasteiger partial charge on any atom is -0.355 e. The van der Waals surface area contributed by atoms with E-state index in [9.17, 15) is 9.59 Å². The monoisotopic (exact) mass is 284 g/mol. The lowest BCUT2D eigenvalue weighted by molar-refractivity contribution is -0.132. The Balaban J connectivity index is 2.27. The van der Waals surface area contributed by atoms with Gasteiger partial charge in [0.1, 0.15) is 0 Å². The van der Waals surface area contributed by atoms with Crippen LogP contribution in [0, 0.1) is 5.92 Å². The Morgan fingerprint density at radius 3 is 2.70 bits per heavy atom. The van der Waals surface area contributed by atoms with Crippen LogP contribution in [0.1, 0.15) is 20.3 Å². The molecular weight excluding hydrogens is 256 g/mol. The Bertz CT molecular complexity index is 312. The number of amides is 2. The van der Waals surface area contributed by atoms with Crippen LogP contribution in [0.15, 0.2) is 0 Å². The van der Waals surface area contributed by atoms with Gasteiger partial charge in [-0.15, -0.1) is 0 Å². The summed E-state index contributed by atoms with van der Waals surface area (Å²) in [5.74, 6) is 0.523. The van der Waals surface area contributed by atoms with Crippen LogP contribution >= 0.6 is 0 Å². The van der Waals surface area contributed by atoms with E-state index in [1.54, 1.807) is 4.90 Å². The smallest absolute Gasteiger partial charge is 0.236 e. The molecule has 0 unspecified atom stereocenters. The topological polar surface area (TPSA) is 64.7 Å². The first-order valence-corrected chi connectivity index (χ1v) is 7.42. The van der Waals surface area contributed by atoms with Crippen molar-refractivity contribution in [2.24, 2.45) is 5.92 Å². The van der Waals surface area contributed by atoms with E-state index in [2.05, 4.69) is 24.5 Å². The van der Waals surface area contributed by atoms with Crippen molar-refractivity contribution in [3.05, 3.63) is 0 Å². The van der Waals surface area contributed by atoms with Crippen molar-refractivity contribution in [2.45, 2.75) is 20.3 Å². The summed E-state index contributed by atoms with van der Waals surface area (Å²) in [6, 6.07) is 0. The Kier molecular flexibility index (Phi) is 7.54. The van der Waals surface area contributed by atoms with Gasteiger partial charge in [-0.25, -0.2) is 0 Å². The molecule has 6 heteroatoms. The van der Waals surface area contributed by atoms with Gasteiger partial charge in [-0.1, -0.05) is 13.8 Å². The third-order valence-electron chi connectivity index (χ3n) is 3.22. The molecule has 20 heavy (non-hydrogen) atoms. The molecule has 116 valence electrons. The quantitative estimate of drug-likeness (QED) is 0.691. The van der Waals surface area contributed by atoms with Gasteiger partial charge in [-0.2, -0.15) is 0 Å². The number of nitrogens with zero attached hydrogens (tertiary/aromatic N) is 2. The minimum absolute atomic E-state index is 0.0217. The molecule has 2 amide bonds. The third kappa shape index (κ3) is 6.86. The molecule has 1 rings (SSSR count). The first-order chi connectivity index (χ1) is 9.49. The van der Waals surface area contributed by atoms with Gasteiger partial charge in [0.25, 0.3) is 0 Å². The van der Waals surface area contributed by atoms with Gasteiger partial charge in [0.05, 0.1) is 13.1 Å². The van der Waals surface area contributed by atoms with Crippen molar-refractivity contribution < 1.29 is 9.59 Å². The third-order valence-corrected chi connectivity index (χ3v) is 3.22. The Morgan fingerprint density at radius 1 is 1.25 bits per heavy atom. The second-order valence-corrected chi connectivity index (χ2v) is 5.85. The summed E-state index contributed by atoms with van der Waals surface area (Å²) in [4.78, 5) is 27.5. The number of hydrogen-bond acceptors (Lipinski definition) is 4. The van der Waals surface area contributed by atoms with Crippen molar-refractivity contribution in [3.8, 4) is 0 Å². The number of hydrogen-bond donors (Lipinski definition) is 2.